The predicted molar refractivity (Wildman–Crippen MR) is 80.9 cm³/mol. The largest absolute Gasteiger partial charge is 0.494 e. The van der Waals surface area contributed by atoms with E-state index in [1.165, 1.54) is 0 Å². The molecule has 0 aliphatic carbocycles. The molecule has 5 nitrogen and oxygen atoms in total. The average Bonchev–Trinajstić information content (AvgIpc) is 2.43. The van der Waals surface area contributed by atoms with Crippen molar-refractivity contribution in [2.75, 3.05) is 6.61 Å². The van der Waals surface area contributed by atoms with Crippen molar-refractivity contribution in [1.82, 2.24) is 5.32 Å². The maximum absolute atomic E-state index is 12.5. The van der Waals surface area contributed by atoms with Crippen LogP contribution in [0.25, 0.3) is 0 Å². The number of aliphatic carboxylic acids is 1. The minimum atomic E-state index is -0.898. The molecule has 0 aliphatic heterocycles. The molecule has 1 unspecified atom stereocenters. The Morgan fingerprint density at radius 3 is 2.33 bits per heavy atom. The van der Waals surface area contributed by atoms with E-state index in [9.17, 15) is 9.59 Å². The third-order valence-electron chi connectivity index (χ3n) is 2.95. The van der Waals surface area contributed by atoms with E-state index in [1.54, 1.807) is 24.3 Å². The van der Waals surface area contributed by atoms with E-state index in [1.807, 2.05) is 20.8 Å². The van der Waals surface area contributed by atoms with Crippen LogP contribution >= 0.6 is 0 Å². The van der Waals surface area contributed by atoms with Crippen LogP contribution in [0.1, 0.15) is 44.0 Å². The van der Waals surface area contributed by atoms with Gasteiger partial charge in [-0.2, -0.15) is 0 Å². The Hall–Kier alpha value is -1.88. The van der Waals surface area contributed by atoms with E-state index in [0.29, 0.717) is 17.9 Å². The number of carbonyl (C=O) groups is 2. The topological polar surface area (TPSA) is 75.6 Å². The highest BCUT2D eigenvalue weighted by Gasteiger charge is 2.21. The van der Waals surface area contributed by atoms with Crippen LogP contribution in [0.4, 0.5) is 0 Å². The fourth-order valence-electron chi connectivity index (χ4n) is 2.04. The molecule has 1 atom stereocenters. The number of ketones is 1. The molecule has 1 aromatic rings. The first-order valence-electron chi connectivity index (χ1n) is 7.19. The summed E-state index contributed by atoms with van der Waals surface area (Å²) in [5, 5.41) is 11.9. The third kappa shape index (κ3) is 5.95. The van der Waals surface area contributed by atoms with E-state index < -0.39 is 12.0 Å². The van der Waals surface area contributed by atoms with Crippen molar-refractivity contribution in [3.63, 3.8) is 0 Å². The van der Waals surface area contributed by atoms with Crippen molar-refractivity contribution in [3.8, 4) is 5.75 Å². The molecule has 21 heavy (non-hydrogen) atoms. The van der Waals surface area contributed by atoms with Gasteiger partial charge in [-0.3, -0.25) is 9.59 Å². The minimum Gasteiger partial charge on any atom is -0.494 e. The van der Waals surface area contributed by atoms with E-state index in [0.717, 1.165) is 0 Å². The van der Waals surface area contributed by atoms with Gasteiger partial charge in [0.2, 0.25) is 0 Å². The zero-order valence-electron chi connectivity index (χ0n) is 12.8. The summed E-state index contributed by atoms with van der Waals surface area (Å²) in [7, 11) is 0. The lowest BCUT2D eigenvalue weighted by Gasteiger charge is -2.19. The SMILES string of the molecule is CCOc1ccc(C(=O)C(CCC(=O)O)NC(C)C)cc1. The van der Waals surface area contributed by atoms with E-state index >= 15 is 0 Å². The van der Waals surface area contributed by atoms with Crippen LogP contribution < -0.4 is 10.1 Å². The number of benzene rings is 1. The van der Waals surface area contributed by atoms with Gasteiger partial charge < -0.3 is 15.2 Å². The summed E-state index contributed by atoms with van der Waals surface area (Å²) in [6, 6.07) is 6.54. The van der Waals surface area contributed by atoms with E-state index in [2.05, 4.69) is 5.32 Å². The molecule has 0 bridgehead atoms. The lowest BCUT2D eigenvalue weighted by Crippen LogP contribution is -2.41. The molecule has 5 heteroatoms. The van der Waals surface area contributed by atoms with Gasteiger partial charge in [-0.1, -0.05) is 13.8 Å². The molecule has 0 amide bonds. The fourth-order valence-corrected chi connectivity index (χ4v) is 2.04. The molecule has 0 spiro atoms. The first-order chi connectivity index (χ1) is 9.93. The normalized spacial score (nSPS) is 12.2. The molecule has 0 heterocycles. The van der Waals surface area contributed by atoms with Crippen molar-refractivity contribution >= 4 is 11.8 Å². The summed E-state index contributed by atoms with van der Waals surface area (Å²) in [5.41, 5.74) is 0.557. The number of rotatable bonds is 9. The van der Waals surface area contributed by atoms with Crippen LogP contribution in [0.15, 0.2) is 24.3 Å². The summed E-state index contributed by atoms with van der Waals surface area (Å²) in [5.74, 6) is -0.272. The van der Waals surface area contributed by atoms with Crippen molar-refractivity contribution in [3.05, 3.63) is 29.8 Å². The van der Waals surface area contributed by atoms with Gasteiger partial charge in [-0.25, -0.2) is 0 Å². The summed E-state index contributed by atoms with van der Waals surface area (Å²) in [6.45, 7) is 6.33. The number of nitrogens with one attached hydrogen (secondary N) is 1. The second-order valence-electron chi connectivity index (χ2n) is 5.13. The molecule has 1 aromatic carbocycles. The smallest absolute Gasteiger partial charge is 0.303 e. The second kappa shape index (κ2) is 8.42. The highest BCUT2D eigenvalue weighted by Crippen LogP contribution is 2.15. The number of ether oxygens (including phenoxy) is 1. The van der Waals surface area contributed by atoms with Gasteiger partial charge in [0, 0.05) is 18.0 Å². The maximum atomic E-state index is 12.5. The zero-order valence-corrected chi connectivity index (χ0v) is 12.8. The molecule has 1 rings (SSSR count). The van der Waals surface area contributed by atoms with Gasteiger partial charge in [-0.05, 0) is 37.6 Å². The standard InChI is InChI=1S/C16H23NO4/c1-4-21-13-7-5-12(6-8-13)16(20)14(17-11(2)3)9-10-15(18)19/h5-8,11,14,17H,4,9-10H2,1-3H3,(H,18,19). The molecule has 0 saturated carbocycles. The Bertz CT molecular complexity index is 468. The van der Waals surface area contributed by atoms with E-state index in [4.69, 9.17) is 9.84 Å². The first-order valence-corrected chi connectivity index (χ1v) is 7.19. The summed E-state index contributed by atoms with van der Waals surface area (Å²) in [6.07, 6.45) is 0.243. The number of hydrogen-bond acceptors (Lipinski definition) is 4. The first kappa shape index (κ1) is 17.2. The monoisotopic (exact) mass is 293 g/mol. The van der Waals surface area contributed by atoms with Crippen molar-refractivity contribution in [2.45, 2.75) is 45.7 Å². The molecule has 0 fully saturated rings. The lowest BCUT2D eigenvalue weighted by molar-refractivity contribution is -0.137. The van der Waals surface area contributed by atoms with Gasteiger partial charge in [0.25, 0.3) is 0 Å². The maximum Gasteiger partial charge on any atom is 0.303 e. The quantitative estimate of drug-likeness (QED) is 0.684. The van der Waals surface area contributed by atoms with Crippen LogP contribution in [0, 0.1) is 0 Å². The number of carbonyl (C=O) groups excluding carboxylic acids is 1. The van der Waals surface area contributed by atoms with Gasteiger partial charge in [0.1, 0.15) is 5.75 Å². The van der Waals surface area contributed by atoms with Crippen molar-refractivity contribution in [1.29, 1.82) is 0 Å². The Morgan fingerprint density at radius 1 is 1.24 bits per heavy atom. The van der Waals surface area contributed by atoms with Crippen LogP contribution in [0.2, 0.25) is 0 Å². The fraction of sp³-hybridized carbons (Fsp3) is 0.500. The highest BCUT2D eigenvalue weighted by molar-refractivity contribution is 6.00. The summed E-state index contributed by atoms with van der Waals surface area (Å²) in [4.78, 5) is 23.2. The average molecular weight is 293 g/mol. The second-order valence-corrected chi connectivity index (χ2v) is 5.13. The molecule has 0 aromatic heterocycles. The molecule has 2 N–H and O–H groups in total. The van der Waals surface area contributed by atoms with Crippen LogP contribution in [0.3, 0.4) is 0 Å². The van der Waals surface area contributed by atoms with Gasteiger partial charge in [-0.15, -0.1) is 0 Å². The molecule has 0 aliphatic rings. The number of Topliss-reactive ketones (excluding diaryl/α,β-unsaturated/α-hetero) is 1. The number of carboxylic acid groups (broad SMARTS) is 1. The van der Waals surface area contributed by atoms with Crippen molar-refractivity contribution < 1.29 is 19.4 Å². The third-order valence-corrected chi connectivity index (χ3v) is 2.95. The van der Waals surface area contributed by atoms with Crippen LogP contribution in [-0.4, -0.2) is 35.5 Å². The van der Waals surface area contributed by atoms with Crippen LogP contribution in [-0.2, 0) is 4.79 Å². The Kier molecular flexibility index (Phi) is 6.88. The van der Waals surface area contributed by atoms with Gasteiger partial charge in [0.15, 0.2) is 5.78 Å². The molecular formula is C16H23NO4. The Morgan fingerprint density at radius 2 is 1.86 bits per heavy atom. The minimum absolute atomic E-state index is 0.0346. The molecule has 0 radical (unpaired) electrons. The highest BCUT2D eigenvalue weighted by atomic mass is 16.5. The van der Waals surface area contributed by atoms with E-state index in [-0.39, 0.29) is 24.7 Å². The van der Waals surface area contributed by atoms with Gasteiger partial charge >= 0.3 is 5.97 Å². The molecule has 0 saturated heterocycles. The van der Waals surface area contributed by atoms with Crippen molar-refractivity contribution in [2.24, 2.45) is 0 Å². The molecular weight excluding hydrogens is 270 g/mol. The number of hydrogen-bond donors (Lipinski definition) is 2. The van der Waals surface area contributed by atoms with Crippen LogP contribution in [0.5, 0.6) is 5.75 Å². The zero-order chi connectivity index (χ0) is 15.8. The molecule has 116 valence electrons. The number of carboxylic acids is 1. The Balaban J connectivity index is 2.80. The lowest BCUT2D eigenvalue weighted by atomic mass is 9.99. The summed E-state index contributed by atoms with van der Waals surface area (Å²) < 4.78 is 5.34. The summed E-state index contributed by atoms with van der Waals surface area (Å²) >= 11 is 0. The Labute approximate surface area is 125 Å². The van der Waals surface area contributed by atoms with Gasteiger partial charge in [0.05, 0.1) is 12.6 Å². The predicted octanol–water partition coefficient (Wildman–Crippen LogP) is 2.50.